The van der Waals surface area contributed by atoms with Gasteiger partial charge in [-0.25, -0.2) is 9.98 Å². The normalized spacial score (nSPS) is 13.2. The van der Waals surface area contributed by atoms with Gasteiger partial charge in [0.2, 0.25) is 0 Å². The van der Waals surface area contributed by atoms with Crippen molar-refractivity contribution in [1.29, 1.82) is 0 Å². The van der Waals surface area contributed by atoms with Crippen LogP contribution in [0.25, 0.3) is 0 Å². The number of nitrogens with zero attached hydrogens (tertiary/aromatic N) is 4. The minimum absolute atomic E-state index is 0.425. The molecule has 0 fully saturated rings. The van der Waals surface area contributed by atoms with Crippen LogP contribution in [-0.4, -0.2) is 28.6 Å². The molecule has 0 saturated carbocycles. The van der Waals surface area contributed by atoms with Gasteiger partial charge in [0.25, 0.3) is 0 Å². The Balaban J connectivity index is 1.68. The summed E-state index contributed by atoms with van der Waals surface area (Å²) in [4.78, 5) is 12.6. The molecule has 1 aromatic heterocycles. The lowest BCUT2D eigenvalue weighted by Crippen LogP contribution is -2.06. The van der Waals surface area contributed by atoms with Crippen LogP contribution in [0.3, 0.4) is 0 Å². The van der Waals surface area contributed by atoms with Crippen molar-refractivity contribution in [3.8, 4) is 0 Å². The molecular weight excluding hydrogens is 260 g/mol. The summed E-state index contributed by atoms with van der Waals surface area (Å²) in [6, 6.07) is 10.8. The quantitative estimate of drug-likeness (QED) is 0.539. The van der Waals surface area contributed by atoms with Gasteiger partial charge < -0.3 is 4.57 Å². The monoisotopic (exact) mass is 282 g/mol. The molecule has 1 aromatic carbocycles. The Morgan fingerprint density at radius 2 is 2.14 bits per heavy atom. The molecule has 0 saturated heterocycles. The summed E-state index contributed by atoms with van der Waals surface area (Å²) in [5, 5.41) is 0. The largest absolute Gasteiger partial charge is 0.334 e. The van der Waals surface area contributed by atoms with Crippen LogP contribution < -0.4 is 0 Å². The van der Waals surface area contributed by atoms with E-state index >= 15 is 0 Å². The molecule has 1 atom stereocenters. The molecule has 4 heteroatoms. The summed E-state index contributed by atoms with van der Waals surface area (Å²) in [6.07, 6.45) is 12.2. The fourth-order valence-corrected chi connectivity index (χ4v) is 2.16. The van der Waals surface area contributed by atoms with E-state index in [0.717, 1.165) is 25.8 Å². The minimum atomic E-state index is 0.425. The van der Waals surface area contributed by atoms with Crippen molar-refractivity contribution < 1.29 is 0 Å². The average molecular weight is 282 g/mol. The van der Waals surface area contributed by atoms with Crippen LogP contribution in [0.1, 0.15) is 31.4 Å². The van der Waals surface area contributed by atoms with E-state index < -0.39 is 0 Å². The first kappa shape index (κ1) is 15.2. The van der Waals surface area contributed by atoms with Crippen molar-refractivity contribution in [3.05, 3.63) is 54.6 Å². The molecule has 21 heavy (non-hydrogen) atoms. The molecule has 0 aliphatic carbocycles. The fraction of sp³-hybridized carbons (Fsp3) is 0.353. The Kier molecular flexibility index (Phi) is 6.39. The first-order chi connectivity index (χ1) is 10.4. The Labute approximate surface area is 126 Å². The first-order valence-electron chi connectivity index (χ1n) is 7.41. The number of aliphatic imine (C=N–C) groups is 2. The van der Waals surface area contributed by atoms with Crippen molar-refractivity contribution in [2.24, 2.45) is 9.98 Å². The highest BCUT2D eigenvalue weighted by Crippen LogP contribution is 2.13. The van der Waals surface area contributed by atoms with Gasteiger partial charge >= 0.3 is 0 Å². The first-order valence-corrected chi connectivity index (χ1v) is 7.41. The van der Waals surface area contributed by atoms with E-state index in [1.807, 2.05) is 31.0 Å². The van der Waals surface area contributed by atoms with Crippen molar-refractivity contribution in [3.63, 3.8) is 0 Å². The zero-order chi connectivity index (χ0) is 14.8. The summed E-state index contributed by atoms with van der Waals surface area (Å²) >= 11 is 0. The van der Waals surface area contributed by atoms with E-state index in [-0.39, 0.29) is 0 Å². The molecular formula is C17H22N4. The number of imidazole rings is 1. The summed E-state index contributed by atoms with van der Waals surface area (Å²) in [5.41, 5.74) is 1.31. The highest BCUT2D eigenvalue weighted by Gasteiger charge is 2.04. The van der Waals surface area contributed by atoms with Crippen LogP contribution in [0.5, 0.6) is 0 Å². The van der Waals surface area contributed by atoms with Gasteiger partial charge in [0.05, 0.1) is 6.33 Å². The molecule has 0 radical (unpaired) electrons. The van der Waals surface area contributed by atoms with Gasteiger partial charge in [0.1, 0.15) is 6.34 Å². The van der Waals surface area contributed by atoms with Gasteiger partial charge in [0, 0.05) is 37.6 Å². The van der Waals surface area contributed by atoms with E-state index in [0.29, 0.717) is 6.04 Å². The van der Waals surface area contributed by atoms with Crippen LogP contribution in [0.4, 0.5) is 0 Å². The highest BCUT2D eigenvalue weighted by molar-refractivity contribution is 5.72. The third-order valence-corrected chi connectivity index (χ3v) is 3.42. The SMILES string of the molecule is CCC(CC=NC=NCCc1ccccc1)n1ccnc1. The van der Waals surface area contributed by atoms with E-state index in [4.69, 9.17) is 0 Å². The predicted octanol–water partition coefficient (Wildman–Crippen LogP) is 3.57. The van der Waals surface area contributed by atoms with Crippen molar-refractivity contribution >= 4 is 12.6 Å². The molecule has 1 heterocycles. The van der Waals surface area contributed by atoms with Gasteiger partial charge in [0.15, 0.2) is 0 Å². The lowest BCUT2D eigenvalue weighted by molar-refractivity contribution is 0.505. The molecule has 0 bridgehead atoms. The van der Waals surface area contributed by atoms with E-state index in [9.17, 15) is 0 Å². The van der Waals surface area contributed by atoms with Gasteiger partial charge in [-0.2, -0.15) is 0 Å². The lowest BCUT2D eigenvalue weighted by Gasteiger charge is -2.13. The second kappa shape index (κ2) is 8.84. The van der Waals surface area contributed by atoms with Gasteiger partial charge in [-0.15, -0.1) is 0 Å². The van der Waals surface area contributed by atoms with Crippen LogP contribution in [0.2, 0.25) is 0 Å². The number of benzene rings is 1. The lowest BCUT2D eigenvalue weighted by atomic mass is 10.1. The molecule has 110 valence electrons. The predicted molar refractivity (Wildman–Crippen MR) is 88.2 cm³/mol. The number of rotatable bonds is 8. The van der Waals surface area contributed by atoms with Crippen LogP contribution >= 0.6 is 0 Å². The summed E-state index contributed by atoms with van der Waals surface area (Å²) in [7, 11) is 0. The Morgan fingerprint density at radius 3 is 2.86 bits per heavy atom. The molecule has 0 amide bonds. The second-order valence-corrected chi connectivity index (χ2v) is 4.90. The van der Waals surface area contributed by atoms with Crippen LogP contribution in [-0.2, 0) is 6.42 Å². The van der Waals surface area contributed by atoms with Crippen LogP contribution in [0.15, 0.2) is 59.0 Å². The fourth-order valence-electron chi connectivity index (χ4n) is 2.16. The molecule has 0 spiro atoms. The number of hydrogen-bond acceptors (Lipinski definition) is 2. The summed E-state index contributed by atoms with van der Waals surface area (Å²) in [5.74, 6) is 0. The van der Waals surface area contributed by atoms with Crippen molar-refractivity contribution in [2.45, 2.75) is 32.2 Å². The maximum absolute atomic E-state index is 4.31. The Bertz CT molecular complexity index is 543. The van der Waals surface area contributed by atoms with Gasteiger partial charge in [-0.05, 0) is 18.4 Å². The Morgan fingerprint density at radius 1 is 1.29 bits per heavy atom. The Hall–Kier alpha value is -2.23. The second-order valence-electron chi connectivity index (χ2n) is 4.90. The molecule has 0 aliphatic rings. The third kappa shape index (κ3) is 5.34. The van der Waals surface area contributed by atoms with Gasteiger partial charge in [-0.3, -0.25) is 4.99 Å². The smallest absolute Gasteiger partial charge is 0.109 e. The molecule has 2 rings (SSSR count). The van der Waals surface area contributed by atoms with E-state index in [1.54, 1.807) is 6.34 Å². The topological polar surface area (TPSA) is 42.5 Å². The molecule has 2 aromatic rings. The third-order valence-electron chi connectivity index (χ3n) is 3.42. The van der Waals surface area contributed by atoms with Gasteiger partial charge in [-0.1, -0.05) is 37.3 Å². The summed E-state index contributed by atoms with van der Waals surface area (Å²) < 4.78 is 2.12. The zero-order valence-corrected chi connectivity index (χ0v) is 12.5. The van der Waals surface area contributed by atoms with Crippen LogP contribution in [0, 0.1) is 0 Å². The van der Waals surface area contributed by atoms with Crippen molar-refractivity contribution in [2.75, 3.05) is 6.54 Å². The number of hydrogen-bond donors (Lipinski definition) is 0. The minimum Gasteiger partial charge on any atom is -0.334 e. The zero-order valence-electron chi connectivity index (χ0n) is 12.5. The molecule has 4 nitrogen and oxygen atoms in total. The summed E-state index contributed by atoms with van der Waals surface area (Å²) in [6.45, 7) is 2.95. The highest BCUT2D eigenvalue weighted by atomic mass is 15.0. The maximum Gasteiger partial charge on any atom is 0.109 e. The number of aromatic nitrogens is 2. The van der Waals surface area contributed by atoms with E-state index in [1.165, 1.54) is 5.56 Å². The molecule has 0 N–H and O–H groups in total. The van der Waals surface area contributed by atoms with Crippen molar-refractivity contribution in [1.82, 2.24) is 9.55 Å². The molecule has 0 aliphatic heterocycles. The standard InChI is InChI=1S/C17H22N4/c1-2-17(21-13-12-20-15-21)9-11-19-14-18-10-8-16-6-4-3-5-7-16/h3-7,11-15,17H,2,8-10H2,1H3. The average Bonchev–Trinajstić information content (AvgIpc) is 3.05. The molecule has 1 unspecified atom stereocenters. The maximum atomic E-state index is 4.31. The van der Waals surface area contributed by atoms with E-state index in [2.05, 4.69) is 50.7 Å².